The second-order valence-corrected chi connectivity index (χ2v) is 6.93. The highest BCUT2D eigenvalue weighted by Crippen LogP contribution is 2.41. The average Bonchev–Trinajstić information content (AvgIpc) is 2.45. The van der Waals surface area contributed by atoms with E-state index in [0.717, 1.165) is 38.8 Å². The van der Waals surface area contributed by atoms with Crippen molar-refractivity contribution in [2.24, 2.45) is 0 Å². The number of pyridine rings is 1. The molecule has 0 amide bonds. The number of anilines is 1. The predicted octanol–water partition coefficient (Wildman–Crippen LogP) is 3.33. The molecule has 1 aliphatic rings. The first kappa shape index (κ1) is 14.8. The van der Waals surface area contributed by atoms with E-state index in [1.54, 1.807) is 0 Å². The lowest BCUT2D eigenvalue weighted by Gasteiger charge is -2.37. The van der Waals surface area contributed by atoms with Crippen LogP contribution in [0.5, 0.6) is 0 Å². The third-order valence-electron chi connectivity index (χ3n) is 5.07. The predicted molar refractivity (Wildman–Crippen MR) is 89.9 cm³/mol. The third kappa shape index (κ3) is 1.83. The van der Waals surface area contributed by atoms with E-state index < -0.39 is 5.54 Å². The minimum Gasteiger partial charge on any atom is -0.373 e. The highest BCUT2D eigenvalue weighted by atomic mass is 16.1. The number of ketones is 1. The van der Waals surface area contributed by atoms with E-state index in [-0.39, 0.29) is 17.3 Å². The quantitative estimate of drug-likeness (QED) is 0.784. The fourth-order valence-corrected chi connectivity index (χ4v) is 3.44. The van der Waals surface area contributed by atoms with Gasteiger partial charge in [-0.15, -0.1) is 0 Å². The van der Waals surface area contributed by atoms with Crippen molar-refractivity contribution in [1.82, 2.24) is 4.98 Å². The van der Waals surface area contributed by atoms with Crippen molar-refractivity contribution in [1.29, 1.82) is 0 Å². The number of nitrogens with one attached hydrogen (secondary N) is 2. The van der Waals surface area contributed by atoms with Gasteiger partial charge in [0.1, 0.15) is 0 Å². The Balaban J connectivity index is 2.44. The number of hydrogen-bond donors (Lipinski definition) is 2. The number of H-pyrrole nitrogens is 1. The summed E-state index contributed by atoms with van der Waals surface area (Å²) in [6, 6.07) is 2.06. The molecule has 1 unspecified atom stereocenters. The van der Waals surface area contributed by atoms with Gasteiger partial charge in [0.15, 0.2) is 5.78 Å². The molecule has 4 heteroatoms. The first-order chi connectivity index (χ1) is 10.1. The molecule has 0 radical (unpaired) electrons. The third-order valence-corrected chi connectivity index (χ3v) is 5.07. The molecule has 1 aromatic heterocycles. The molecule has 116 valence electrons. The molecule has 0 fully saturated rings. The SMILES string of the molecule is Cc1c(C)c2cc3c(c(C)c2[nH]c1=O)NC(C)(C)C(=O)C3C. The number of carbonyl (C=O) groups excluding carboxylic acids is 1. The first-order valence-electron chi connectivity index (χ1n) is 7.64. The van der Waals surface area contributed by atoms with Crippen LogP contribution in [0.25, 0.3) is 10.9 Å². The molecule has 3 rings (SSSR count). The van der Waals surface area contributed by atoms with Crippen LogP contribution in [0, 0.1) is 20.8 Å². The van der Waals surface area contributed by atoms with Crippen molar-refractivity contribution < 1.29 is 4.79 Å². The van der Waals surface area contributed by atoms with Crippen LogP contribution in [0.1, 0.15) is 48.9 Å². The maximum Gasteiger partial charge on any atom is 0.251 e. The van der Waals surface area contributed by atoms with E-state index in [4.69, 9.17) is 0 Å². The number of fused-ring (bicyclic) bond motifs is 2. The Hall–Kier alpha value is -2.10. The van der Waals surface area contributed by atoms with Gasteiger partial charge in [-0.1, -0.05) is 6.92 Å². The highest BCUT2D eigenvalue weighted by Gasteiger charge is 2.39. The zero-order valence-corrected chi connectivity index (χ0v) is 14.0. The van der Waals surface area contributed by atoms with Crippen LogP contribution in [-0.2, 0) is 4.79 Å². The van der Waals surface area contributed by atoms with Gasteiger partial charge in [0, 0.05) is 22.6 Å². The molecule has 0 saturated carbocycles. The second-order valence-electron chi connectivity index (χ2n) is 6.93. The van der Waals surface area contributed by atoms with Gasteiger partial charge < -0.3 is 10.3 Å². The number of benzene rings is 1. The van der Waals surface area contributed by atoms with Crippen molar-refractivity contribution in [2.75, 3.05) is 5.32 Å². The van der Waals surface area contributed by atoms with E-state index in [9.17, 15) is 9.59 Å². The number of aryl methyl sites for hydroxylation is 2. The number of carbonyl (C=O) groups is 1. The normalized spacial score (nSPS) is 19.9. The molecule has 0 spiro atoms. The Labute approximate surface area is 129 Å². The first-order valence-corrected chi connectivity index (χ1v) is 7.64. The zero-order chi connectivity index (χ0) is 16.4. The van der Waals surface area contributed by atoms with E-state index in [0.29, 0.717) is 0 Å². The molecule has 4 nitrogen and oxygen atoms in total. The van der Waals surface area contributed by atoms with Gasteiger partial charge in [-0.25, -0.2) is 0 Å². The van der Waals surface area contributed by atoms with Crippen LogP contribution < -0.4 is 10.9 Å². The van der Waals surface area contributed by atoms with Crippen molar-refractivity contribution in [3.63, 3.8) is 0 Å². The van der Waals surface area contributed by atoms with Crippen LogP contribution in [0.15, 0.2) is 10.9 Å². The molecule has 0 saturated heterocycles. The summed E-state index contributed by atoms with van der Waals surface area (Å²) in [6.07, 6.45) is 0. The second kappa shape index (κ2) is 4.45. The van der Waals surface area contributed by atoms with Crippen LogP contribution in [0.3, 0.4) is 0 Å². The Kier molecular flexibility index (Phi) is 3.00. The zero-order valence-electron chi connectivity index (χ0n) is 14.0. The van der Waals surface area contributed by atoms with Gasteiger partial charge in [0.2, 0.25) is 0 Å². The Morgan fingerprint density at radius 3 is 2.32 bits per heavy atom. The summed E-state index contributed by atoms with van der Waals surface area (Å²) >= 11 is 0. The van der Waals surface area contributed by atoms with Crippen LogP contribution >= 0.6 is 0 Å². The monoisotopic (exact) mass is 298 g/mol. The van der Waals surface area contributed by atoms with Crippen LogP contribution in [-0.4, -0.2) is 16.3 Å². The van der Waals surface area contributed by atoms with E-state index in [2.05, 4.69) is 16.4 Å². The minimum atomic E-state index is -0.592. The van der Waals surface area contributed by atoms with Crippen LogP contribution in [0.4, 0.5) is 5.69 Å². The minimum absolute atomic E-state index is 0.0488. The average molecular weight is 298 g/mol. The topological polar surface area (TPSA) is 62.0 Å². The van der Waals surface area contributed by atoms with Gasteiger partial charge in [-0.3, -0.25) is 9.59 Å². The van der Waals surface area contributed by atoms with Gasteiger partial charge in [-0.05, 0) is 57.4 Å². The number of rotatable bonds is 0. The van der Waals surface area contributed by atoms with Gasteiger partial charge in [-0.2, -0.15) is 0 Å². The molecule has 2 N–H and O–H groups in total. The van der Waals surface area contributed by atoms with E-state index in [1.165, 1.54) is 0 Å². The molecule has 22 heavy (non-hydrogen) atoms. The van der Waals surface area contributed by atoms with Gasteiger partial charge in [0.05, 0.1) is 11.1 Å². The maximum absolute atomic E-state index is 12.5. The van der Waals surface area contributed by atoms with Gasteiger partial charge in [0.25, 0.3) is 5.56 Å². The lowest BCUT2D eigenvalue weighted by Crippen LogP contribution is -2.46. The molecule has 1 aromatic carbocycles. The summed E-state index contributed by atoms with van der Waals surface area (Å²) in [6.45, 7) is 11.6. The summed E-state index contributed by atoms with van der Waals surface area (Å²) in [5, 5.41) is 4.38. The lowest BCUT2D eigenvalue weighted by atomic mass is 9.78. The smallest absolute Gasteiger partial charge is 0.251 e. The summed E-state index contributed by atoms with van der Waals surface area (Å²) in [5.74, 6) is 0.0403. The van der Waals surface area contributed by atoms with Crippen molar-refractivity contribution in [3.8, 4) is 0 Å². The number of aromatic amines is 1. The fourth-order valence-electron chi connectivity index (χ4n) is 3.44. The molecule has 2 heterocycles. The maximum atomic E-state index is 12.5. The summed E-state index contributed by atoms with van der Waals surface area (Å²) in [4.78, 5) is 27.6. The van der Waals surface area contributed by atoms with Crippen LogP contribution in [0.2, 0.25) is 0 Å². The van der Waals surface area contributed by atoms with Crippen molar-refractivity contribution in [3.05, 3.63) is 38.7 Å². The molecule has 1 aliphatic heterocycles. The molecular formula is C18H22N2O2. The largest absolute Gasteiger partial charge is 0.373 e. The van der Waals surface area contributed by atoms with Crippen molar-refractivity contribution in [2.45, 2.75) is 53.0 Å². The van der Waals surface area contributed by atoms with Gasteiger partial charge >= 0.3 is 0 Å². The molecule has 0 aliphatic carbocycles. The number of aromatic nitrogens is 1. The Bertz CT molecular complexity index is 875. The molecule has 2 aromatic rings. The summed E-state index contributed by atoms with van der Waals surface area (Å²) in [7, 11) is 0. The standard InChI is InChI=1S/C18H22N2O2/c1-8-9(2)17(22)19-14-11(4)15-13(7-12(8)14)10(3)16(21)18(5,6)20-15/h7,10,20H,1-6H3,(H,19,22). The molecular weight excluding hydrogens is 276 g/mol. The fraction of sp³-hybridized carbons (Fsp3) is 0.444. The molecule has 1 atom stereocenters. The Morgan fingerprint density at radius 2 is 1.68 bits per heavy atom. The Morgan fingerprint density at radius 1 is 1.05 bits per heavy atom. The summed E-state index contributed by atoms with van der Waals surface area (Å²) in [5.41, 5.74) is 4.92. The van der Waals surface area contributed by atoms with E-state index in [1.807, 2.05) is 41.5 Å². The van der Waals surface area contributed by atoms with E-state index >= 15 is 0 Å². The summed E-state index contributed by atoms with van der Waals surface area (Å²) < 4.78 is 0. The number of hydrogen-bond acceptors (Lipinski definition) is 3. The van der Waals surface area contributed by atoms with Crippen molar-refractivity contribution >= 4 is 22.4 Å². The highest BCUT2D eigenvalue weighted by molar-refractivity contribution is 6.03. The number of Topliss-reactive ketones (excluding diaryl/α,β-unsaturated/α-hetero) is 1. The molecule has 0 bridgehead atoms. The lowest BCUT2D eigenvalue weighted by molar-refractivity contribution is -0.123.